The lowest BCUT2D eigenvalue weighted by molar-refractivity contribution is -0.114. The molecule has 24 heavy (non-hydrogen) atoms. The van der Waals surface area contributed by atoms with Crippen molar-refractivity contribution in [3.8, 4) is 0 Å². The van der Waals surface area contributed by atoms with E-state index in [0.717, 1.165) is 23.0 Å². The van der Waals surface area contributed by atoms with Crippen LogP contribution in [0, 0.1) is 5.92 Å². The molecule has 0 radical (unpaired) electrons. The SMILES string of the molecule is O=CC1C=C(c2ccccc2)C=CC1(Cl)OCc1ccc(Cl)cc1. The van der Waals surface area contributed by atoms with E-state index in [0.29, 0.717) is 11.6 Å². The summed E-state index contributed by atoms with van der Waals surface area (Å²) in [6.07, 6.45) is 6.30. The van der Waals surface area contributed by atoms with Gasteiger partial charge in [-0.15, -0.1) is 0 Å². The van der Waals surface area contributed by atoms with Crippen LogP contribution >= 0.6 is 23.2 Å². The molecule has 4 heteroatoms. The largest absolute Gasteiger partial charge is 0.350 e. The zero-order valence-corrected chi connectivity index (χ0v) is 14.4. The predicted molar refractivity (Wildman–Crippen MR) is 97.9 cm³/mol. The van der Waals surface area contributed by atoms with Gasteiger partial charge in [-0.2, -0.15) is 0 Å². The van der Waals surface area contributed by atoms with Gasteiger partial charge in [-0.05, 0) is 34.9 Å². The van der Waals surface area contributed by atoms with Gasteiger partial charge in [-0.25, -0.2) is 0 Å². The molecule has 0 N–H and O–H groups in total. The molecule has 0 aromatic heterocycles. The molecule has 0 saturated carbocycles. The summed E-state index contributed by atoms with van der Waals surface area (Å²) in [5.41, 5.74) is 2.94. The maximum atomic E-state index is 11.5. The second-order valence-electron chi connectivity index (χ2n) is 5.60. The molecule has 0 saturated heterocycles. The molecular weight excluding hydrogens is 343 g/mol. The van der Waals surface area contributed by atoms with Gasteiger partial charge >= 0.3 is 0 Å². The Bertz CT molecular complexity index is 766. The molecule has 2 unspecified atom stereocenters. The van der Waals surface area contributed by atoms with E-state index in [9.17, 15) is 4.79 Å². The first-order chi connectivity index (χ1) is 11.6. The van der Waals surface area contributed by atoms with Crippen LogP contribution in [0.15, 0.2) is 72.8 Å². The molecular formula is C20H16Cl2O2. The number of hydrogen-bond acceptors (Lipinski definition) is 2. The fourth-order valence-corrected chi connectivity index (χ4v) is 2.91. The third-order valence-corrected chi connectivity index (χ3v) is 4.67. The minimum atomic E-state index is -1.18. The van der Waals surface area contributed by atoms with Crippen molar-refractivity contribution in [2.24, 2.45) is 5.92 Å². The summed E-state index contributed by atoms with van der Waals surface area (Å²) in [5.74, 6) is -0.563. The number of ether oxygens (including phenoxy) is 1. The van der Waals surface area contributed by atoms with Crippen LogP contribution in [0.25, 0.3) is 5.57 Å². The summed E-state index contributed by atoms with van der Waals surface area (Å²) in [6, 6.07) is 17.2. The van der Waals surface area contributed by atoms with E-state index in [-0.39, 0.29) is 0 Å². The van der Waals surface area contributed by atoms with E-state index in [4.69, 9.17) is 27.9 Å². The van der Waals surface area contributed by atoms with Crippen LogP contribution in [0.3, 0.4) is 0 Å². The molecule has 122 valence electrons. The second kappa shape index (κ2) is 7.35. The third-order valence-electron chi connectivity index (χ3n) is 3.93. The van der Waals surface area contributed by atoms with Gasteiger partial charge < -0.3 is 9.53 Å². The molecule has 0 spiro atoms. The van der Waals surface area contributed by atoms with Crippen LogP contribution in [-0.2, 0) is 16.1 Å². The molecule has 2 aromatic carbocycles. The number of benzene rings is 2. The van der Waals surface area contributed by atoms with E-state index >= 15 is 0 Å². The molecule has 0 fully saturated rings. The Morgan fingerprint density at radius 3 is 2.46 bits per heavy atom. The number of rotatable bonds is 5. The summed E-state index contributed by atoms with van der Waals surface area (Å²) in [6.45, 7) is 0.295. The van der Waals surface area contributed by atoms with Crippen LogP contribution in [0.2, 0.25) is 5.02 Å². The molecule has 0 aliphatic heterocycles. The average molecular weight is 359 g/mol. The number of carbonyl (C=O) groups excluding carboxylic acids is 1. The zero-order chi connectivity index (χ0) is 17.0. The number of carbonyl (C=O) groups is 1. The predicted octanol–water partition coefficient (Wildman–Crippen LogP) is 5.26. The Morgan fingerprint density at radius 1 is 1.08 bits per heavy atom. The number of halogens is 2. The van der Waals surface area contributed by atoms with Crippen molar-refractivity contribution in [2.45, 2.75) is 11.7 Å². The lowest BCUT2D eigenvalue weighted by Gasteiger charge is -2.31. The zero-order valence-electron chi connectivity index (χ0n) is 12.9. The van der Waals surface area contributed by atoms with Gasteiger partial charge in [-0.1, -0.05) is 77.8 Å². The Balaban J connectivity index is 1.76. The van der Waals surface area contributed by atoms with Gasteiger partial charge in [0.05, 0.1) is 12.5 Å². The summed E-state index contributed by atoms with van der Waals surface area (Å²) in [4.78, 5) is 11.5. The lowest BCUT2D eigenvalue weighted by Crippen LogP contribution is -2.34. The van der Waals surface area contributed by atoms with Gasteiger partial charge in [0, 0.05) is 5.02 Å². The van der Waals surface area contributed by atoms with Gasteiger partial charge in [0.2, 0.25) is 0 Å². The molecule has 0 bridgehead atoms. The molecule has 1 aliphatic carbocycles. The molecule has 2 nitrogen and oxygen atoms in total. The maximum Gasteiger partial charge on any atom is 0.174 e. The maximum absolute atomic E-state index is 11.5. The van der Waals surface area contributed by atoms with Crippen molar-refractivity contribution in [3.63, 3.8) is 0 Å². The highest BCUT2D eigenvalue weighted by atomic mass is 35.5. The van der Waals surface area contributed by atoms with Crippen molar-refractivity contribution >= 4 is 35.1 Å². The van der Waals surface area contributed by atoms with Crippen LogP contribution in [0.1, 0.15) is 11.1 Å². The van der Waals surface area contributed by atoms with Crippen molar-refractivity contribution in [1.82, 2.24) is 0 Å². The van der Waals surface area contributed by atoms with Crippen molar-refractivity contribution in [3.05, 3.63) is 89.0 Å². The summed E-state index contributed by atoms with van der Waals surface area (Å²) in [7, 11) is 0. The minimum absolute atomic E-state index is 0.295. The van der Waals surface area contributed by atoms with E-state index < -0.39 is 11.0 Å². The van der Waals surface area contributed by atoms with Crippen LogP contribution in [0.5, 0.6) is 0 Å². The fraction of sp³-hybridized carbons (Fsp3) is 0.150. The summed E-state index contributed by atoms with van der Waals surface area (Å²) in [5, 5.41) is -0.516. The lowest BCUT2D eigenvalue weighted by atomic mass is 9.90. The van der Waals surface area contributed by atoms with Gasteiger partial charge in [-0.3, -0.25) is 0 Å². The molecule has 2 atom stereocenters. The highest BCUT2D eigenvalue weighted by Crippen LogP contribution is 2.37. The van der Waals surface area contributed by atoms with E-state index in [2.05, 4.69) is 0 Å². The Labute approximate surface area is 151 Å². The van der Waals surface area contributed by atoms with E-state index in [1.165, 1.54) is 0 Å². The highest BCUT2D eigenvalue weighted by molar-refractivity contribution is 6.30. The van der Waals surface area contributed by atoms with E-state index in [1.54, 1.807) is 18.2 Å². The smallest absolute Gasteiger partial charge is 0.174 e. The topological polar surface area (TPSA) is 26.3 Å². The molecule has 0 heterocycles. The number of aldehydes is 1. The number of allylic oxidation sites excluding steroid dienone is 2. The first kappa shape index (κ1) is 17.0. The van der Waals surface area contributed by atoms with Gasteiger partial charge in [0.15, 0.2) is 5.06 Å². The minimum Gasteiger partial charge on any atom is -0.350 e. The Kier molecular flexibility index (Phi) is 5.20. The third kappa shape index (κ3) is 3.78. The first-order valence-corrected chi connectivity index (χ1v) is 8.35. The fourth-order valence-electron chi connectivity index (χ4n) is 2.55. The first-order valence-electron chi connectivity index (χ1n) is 7.60. The van der Waals surface area contributed by atoms with E-state index in [1.807, 2.05) is 54.6 Å². The van der Waals surface area contributed by atoms with Crippen LogP contribution < -0.4 is 0 Å². The number of alkyl halides is 1. The average Bonchev–Trinajstić information content (AvgIpc) is 2.62. The van der Waals surface area contributed by atoms with Crippen molar-refractivity contribution < 1.29 is 9.53 Å². The van der Waals surface area contributed by atoms with Gasteiger partial charge in [0.1, 0.15) is 6.29 Å². The quantitative estimate of drug-likeness (QED) is 0.538. The number of hydrogen-bond donors (Lipinski definition) is 0. The summed E-state index contributed by atoms with van der Waals surface area (Å²) < 4.78 is 5.84. The monoisotopic (exact) mass is 358 g/mol. The Hall–Kier alpha value is -1.87. The van der Waals surface area contributed by atoms with Crippen molar-refractivity contribution in [1.29, 1.82) is 0 Å². The molecule has 0 amide bonds. The van der Waals surface area contributed by atoms with Crippen LogP contribution in [-0.4, -0.2) is 11.3 Å². The van der Waals surface area contributed by atoms with Crippen molar-refractivity contribution in [2.75, 3.05) is 0 Å². The normalized spacial score (nSPS) is 22.9. The van der Waals surface area contributed by atoms with Gasteiger partial charge in [0.25, 0.3) is 0 Å². The second-order valence-corrected chi connectivity index (χ2v) is 6.62. The molecule has 2 aromatic rings. The Morgan fingerprint density at radius 2 is 1.79 bits per heavy atom. The van der Waals surface area contributed by atoms with Crippen LogP contribution in [0.4, 0.5) is 0 Å². The molecule has 3 rings (SSSR count). The molecule has 1 aliphatic rings. The summed E-state index contributed by atoms with van der Waals surface area (Å²) >= 11 is 12.4. The standard InChI is InChI=1S/C20H16Cl2O2/c21-19-8-6-15(7-9-19)14-24-20(22)11-10-17(12-18(20)13-23)16-4-2-1-3-5-16/h1-13,18H,14H2. The highest BCUT2D eigenvalue weighted by Gasteiger charge is 2.36.